The van der Waals surface area contributed by atoms with Gasteiger partial charge in [-0.1, -0.05) is 23.2 Å². The van der Waals surface area contributed by atoms with Gasteiger partial charge in [-0.3, -0.25) is 9.48 Å². The van der Waals surface area contributed by atoms with Crippen molar-refractivity contribution < 1.29 is 4.79 Å². The number of amides is 1. The fraction of sp³-hybridized carbons (Fsp3) is 0.385. The van der Waals surface area contributed by atoms with Crippen molar-refractivity contribution in [2.24, 2.45) is 5.73 Å². The van der Waals surface area contributed by atoms with Crippen molar-refractivity contribution in [3.8, 4) is 0 Å². The van der Waals surface area contributed by atoms with Crippen molar-refractivity contribution in [3.05, 3.63) is 27.9 Å². The van der Waals surface area contributed by atoms with Crippen molar-refractivity contribution in [1.29, 1.82) is 0 Å². The predicted molar refractivity (Wildman–Crippen MR) is 78.9 cm³/mol. The van der Waals surface area contributed by atoms with E-state index >= 15 is 0 Å². The molecule has 5 nitrogen and oxygen atoms in total. The van der Waals surface area contributed by atoms with Gasteiger partial charge >= 0.3 is 0 Å². The van der Waals surface area contributed by atoms with Gasteiger partial charge in [-0.05, 0) is 19.1 Å². The number of nitrogens with zero attached hydrogens (tertiary/aromatic N) is 3. The first-order chi connectivity index (χ1) is 9.54. The Kier molecular flexibility index (Phi) is 3.36. The van der Waals surface area contributed by atoms with Crippen LogP contribution in [-0.4, -0.2) is 33.7 Å². The summed E-state index contributed by atoms with van der Waals surface area (Å²) in [5.41, 5.74) is 7.13. The third kappa shape index (κ3) is 1.89. The molecule has 106 valence electrons. The quantitative estimate of drug-likeness (QED) is 0.878. The smallest absolute Gasteiger partial charge is 0.236 e. The standard InChI is InChI=1S/C13H14Cl2N4O/c1-7-13-8-2-3-9(14)11(15)12(8)17-19(13)5-4-18(7)10(20)6-16/h2-3,7H,4-6,16H2,1H3/t7-/m1/s1. The Bertz CT molecular complexity index is 697. The van der Waals surface area contributed by atoms with Crippen molar-refractivity contribution >= 4 is 40.0 Å². The minimum atomic E-state index is -0.0814. The minimum absolute atomic E-state index is 0.0169. The molecular weight excluding hydrogens is 299 g/mol. The van der Waals surface area contributed by atoms with Crippen LogP contribution in [0, 0.1) is 0 Å². The molecule has 1 aliphatic rings. The molecule has 0 radical (unpaired) electrons. The van der Waals surface area contributed by atoms with Crippen LogP contribution in [0.3, 0.4) is 0 Å². The van der Waals surface area contributed by atoms with Crippen LogP contribution in [0.4, 0.5) is 0 Å². The van der Waals surface area contributed by atoms with Crippen LogP contribution in [0.15, 0.2) is 12.1 Å². The van der Waals surface area contributed by atoms with Gasteiger partial charge in [0, 0.05) is 11.9 Å². The molecule has 0 spiro atoms. The highest BCUT2D eigenvalue weighted by Crippen LogP contribution is 2.36. The summed E-state index contributed by atoms with van der Waals surface area (Å²) in [6.45, 7) is 3.22. The zero-order valence-electron chi connectivity index (χ0n) is 10.9. The molecule has 20 heavy (non-hydrogen) atoms. The SMILES string of the molecule is C[C@@H]1c2c3ccc(Cl)c(Cl)c3nn2CCN1C(=O)CN. The second kappa shape index (κ2) is 4.91. The van der Waals surface area contributed by atoms with E-state index in [9.17, 15) is 4.79 Å². The maximum Gasteiger partial charge on any atom is 0.236 e. The third-order valence-electron chi connectivity index (χ3n) is 3.75. The molecule has 0 unspecified atom stereocenters. The van der Waals surface area contributed by atoms with E-state index in [0.717, 1.165) is 11.1 Å². The molecule has 0 saturated carbocycles. The third-order valence-corrected chi connectivity index (χ3v) is 4.55. The highest BCUT2D eigenvalue weighted by atomic mass is 35.5. The molecule has 2 N–H and O–H groups in total. The topological polar surface area (TPSA) is 64.2 Å². The first kappa shape index (κ1) is 13.7. The number of fused-ring (bicyclic) bond motifs is 3. The van der Waals surface area contributed by atoms with Crippen LogP contribution in [0.5, 0.6) is 0 Å². The highest BCUT2D eigenvalue weighted by Gasteiger charge is 2.30. The average molecular weight is 313 g/mol. The normalized spacial score (nSPS) is 18.4. The number of carbonyl (C=O) groups is 1. The number of nitrogens with two attached hydrogens (primary N) is 1. The lowest BCUT2D eigenvalue weighted by Gasteiger charge is -2.34. The van der Waals surface area contributed by atoms with Crippen molar-refractivity contribution in [2.75, 3.05) is 13.1 Å². The van der Waals surface area contributed by atoms with Gasteiger partial charge in [0.25, 0.3) is 0 Å². The molecule has 0 saturated heterocycles. The maximum atomic E-state index is 11.9. The molecule has 1 aromatic heterocycles. The van der Waals surface area contributed by atoms with E-state index < -0.39 is 0 Å². The van der Waals surface area contributed by atoms with E-state index in [1.54, 1.807) is 11.0 Å². The Morgan fingerprint density at radius 1 is 1.45 bits per heavy atom. The highest BCUT2D eigenvalue weighted by molar-refractivity contribution is 6.45. The predicted octanol–water partition coefficient (Wildman–Crippen LogP) is 2.20. The second-order valence-electron chi connectivity index (χ2n) is 4.83. The summed E-state index contributed by atoms with van der Waals surface area (Å²) in [5.74, 6) is -0.0573. The molecule has 2 heterocycles. The monoisotopic (exact) mass is 312 g/mol. The molecule has 0 aliphatic carbocycles. The van der Waals surface area contributed by atoms with Gasteiger partial charge < -0.3 is 10.6 Å². The first-order valence-corrected chi connectivity index (χ1v) is 7.14. The lowest BCUT2D eigenvalue weighted by molar-refractivity contribution is -0.132. The van der Waals surface area contributed by atoms with Gasteiger partial charge in [0.2, 0.25) is 5.91 Å². The molecule has 2 aromatic rings. The molecule has 3 rings (SSSR count). The summed E-state index contributed by atoms with van der Waals surface area (Å²) in [6, 6.07) is 3.57. The summed E-state index contributed by atoms with van der Waals surface area (Å²) in [4.78, 5) is 13.7. The van der Waals surface area contributed by atoms with Crippen LogP contribution >= 0.6 is 23.2 Å². The van der Waals surface area contributed by atoms with E-state index in [-0.39, 0.29) is 18.5 Å². The van der Waals surface area contributed by atoms with Gasteiger partial charge in [-0.2, -0.15) is 5.10 Å². The zero-order chi connectivity index (χ0) is 14.4. The fourth-order valence-corrected chi connectivity index (χ4v) is 3.13. The molecule has 1 amide bonds. The van der Waals surface area contributed by atoms with Gasteiger partial charge in [0.1, 0.15) is 5.52 Å². The number of hydrogen-bond donors (Lipinski definition) is 1. The van der Waals surface area contributed by atoms with Crippen LogP contribution in [0.1, 0.15) is 18.7 Å². The Morgan fingerprint density at radius 3 is 2.90 bits per heavy atom. The molecule has 1 aromatic carbocycles. The van der Waals surface area contributed by atoms with Gasteiger partial charge in [0.15, 0.2) is 0 Å². The summed E-state index contributed by atoms with van der Waals surface area (Å²) in [5, 5.41) is 6.38. The molecule has 0 fully saturated rings. The molecule has 1 atom stereocenters. The largest absolute Gasteiger partial charge is 0.331 e. The van der Waals surface area contributed by atoms with Crippen LogP contribution in [0.25, 0.3) is 10.9 Å². The number of rotatable bonds is 1. The Hall–Kier alpha value is -1.30. The van der Waals surface area contributed by atoms with Crippen molar-refractivity contribution in [2.45, 2.75) is 19.5 Å². The van der Waals surface area contributed by atoms with Crippen molar-refractivity contribution in [3.63, 3.8) is 0 Å². The Morgan fingerprint density at radius 2 is 2.20 bits per heavy atom. The van der Waals surface area contributed by atoms with E-state index in [4.69, 9.17) is 28.9 Å². The number of halogens is 2. The van der Waals surface area contributed by atoms with Crippen molar-refractivity contribution in [1.82, 2.24) is 14.7 Å². The van der Waals surface area contributed by atoms with Crippen LogP contribution < -0.4 is 5.73 Å². The first-order valence-electron chi connectivity index (χ1n) is 6.38. The van der Waals surface area contributed by atoms with E-state index in [0.29, 0.717) is 28.7 Å². The summed E-state index contributed by atoms with van der Waals surface area (Å²) in [6.07, 6.45) is 0. The van der Waals surface area contributed by atoms with Crippen LogP contribution in [0.2, 0.25) is 10.0 Å². The van der Waals surface area contributed by atoms with E-state index in [1.807, 2.05) is 17.7 Å². The van der Waals surface area contributed by atoms with Crippen LogP contribution in [-0.2, 0) is 11.3 Å². The second-order valence-corrected chi connectivity index (χ2v) is 5.62. The minimum Gasteiger partial charge on any atom is -0.331 e. The number of benzene rings is 1. The number of aromatic nitrogens is 2. The lowest BCUT2D eigenvalue weighted by atomic mass is 10.1. The Labute approximate surface area is 126 Å². The van der Waals surface area contributed by atoms with E-state index in [1.165, 1.54) is 0 Å². The lowest BCUT2D eigenvalue weighted by Crippen LogP contribution is -2.43. The Balaban J connectivity index is 2.17. The van der Waals surface area contributed by atoms with E-state index in [2.05, 4.69) is 5.10 Å². The molecule has 1 aliphatic heterocycles. The maximum absolute atomic E-state index is 11.9. The van der Waals surface area contributed by atoms with Gasteiger partial charge in [-0.25, -0.2) is 0 Å². The number of carbonyl (C=O) groups excluding carboxylic acids is 1. The van der Waals surface area contributed by atoms with Gasteiger partial charge in [-0.15, -0.1) is 0 Å². The molecular formula is C13H14Cl2N4O. The van der Waals surface area contributed by atoms with Gasteiger partial charge in [0.05, 0.1) is 34.9 Å². The summed E-state index contributed by atoms with van der Waals surface area (Å²) < 4.78 is 1.90. The zero-order valence-corrected chi connectivity index (χ0v) is 12.4. The number of hydrogen-bond acceptors (Lipinski definition) is 3. The fourth-order valence-electron chi connectivity index (χ4n) is 2.77. The summed E-state index contributed by atoms with van der Waals surface area (Å²) in [7, 11) is 0. The summed E-state index contributed by atoms with van der Waals surface area (Å²) >= 11 is 12.2. The average Bonchev–Trinajstić information content (AvgIpc) is 2.83. The molecule has 0 bridgehead atoms. The molecule has 7 heteroatoms.